The number of hydrogen-bond acceptors (Lipinski definition) is 4. The van der Waals surface area contributed by atoms with E-state index in [1.165, 1.54) is 0 Å². The van der Waals surface area contributed by atoms with Crippen LogP contribution in [-0.2, 0) is 10.1 Å². The summed E-state index contributed by atoms with van der Waals surface area (Å²) < 4.78 is 29.8. The fourth-order valence-electron chi connectivity index (χ4n) is 0.752. The molecule has 0 spiro atoms. The largest absolute Gasteiger partial charge is 0.305 e. The summed E-state index contributed by atoms with van der Waals surface area (Å²) in [5, 5.41) is 0.634. The first-order valence-corrected chi connectivity index (χ1v) is 5.08. The van der Waals surface area contributed by atoms with E-state index in [1.54, 1.807) is 13.8 Å². The lowest BCUT2D eigenvalue weighted by atomic mass is 10.6. The van der Waals surface area contributed by atoms with E-state index in [0.29, 0.717) is 10.7 Å². The maximum atomic E-state index is 10.6. The van der Waals surface area contributed by atoms with Crippen molar-refractivity contribution in [2.24, 2.45) is 0 Å². The topological polar surface area (TPSA) is 67.3 Å². The Balaban J connectivity index is 0.00000121. The molecule has 0 amide bonds. The van der Waals surface area contributed by atoms with Gasteiger partial charge in [0.1, 0.15) is 0 Å². The van der Waals surface area contributed by atoms with Crippen molar-refractivity contribution in [3.8, 4) is 0 Å². The van der Waals surface area contributed by atoms with Gasteiger partial charge in [-0.1, -0.05) is 0 Å². The maximum absolute atomic E-state index is 10.6. The molecular weight excluding hydrogens is 205 g/mol. The van der Waals surface area contributed by atoms with Gasteiger partial charge in [0.2, 0.25) is 0 Å². The van der Waals surface area contributed by atoms with Gasteiger partial charge in [0.25, 0.3) is 0 Å². The summed E-state index contributed by atoms with van der Waals surface area (Å²) >= 11 is 0.972. The molecule has 0 atom stereocenters. The normalized spacial score (nSPS) is 10.9. The molecule has 0 aliphatic heterocycles. The third-order valence-corrected chi connectivity index (χ3v) is 3.61. The minimum absolute atomic E-state index is 0. The second kappa shape index (κ2) is 3.46. The smallest absolute Gasteiger partial charge is 0.281 e. The third-order valence-electron chi connectivity index (χ3n) is 1.10. The number of nitrogens with zero attached hydrogens (tertiary/aromatic N) is 1. The predicted octanol–water partition coefficient (Wildman–Crippen LogP) is 1.16. The molecule has 70 valence electrons. The molecule has 0 unspecified atom stereocenters. The highest BCUT2D eigenvalue weighted by molar-refractivity contribution is 7.88. The van der Waals surface area contributed by atoms with E-state index in [4.69, 9.17) is 4.55 Å². The second-order valence-electron chi connectivity index (χ2n) is 2.08. The van der Waals surface area contributed by atoms with E-state index in [-0.39, 0.29) is 8.91 Å². The van der Waals surface area contributed by atoms with Gasteiger partial charge in [0, 0.05) is 0 Å². The van der Waals surface area contributed by atoms with Crippen molar-refractivity contribution >= 4 is 21.5 Å². The van der Waals surface area contributed by atoms with Gasteiger partial charge < -0.3 is 0 Å². The van der Waals surface area contributed by atoms with E-state index in [0.717, 1.165) is 11.3 Å². The fourth-order valence-corrected chi connectivity index (χ4v) is 2.60. The monoisotopic (exact) mass is 213 g/mol. The molecule has 0 saturated heterocycles. The number of hydrogen-bond donors (Lipinski definition) is 1. The lowest BCUT2D eigenvalue weighted by molar-refractivity contribution is 0.485. The minimum Gasteiger partial charge on any atom is -0.281 e. The second-order valence-corrected chi connectivity index (χ2v) is 4.90. The average Bonchev–Trinajstić information content (AvgIpc) is 2.08. The van der Waals surface area contributed by atoms with Gasteiger partial charge in [0.15, 0.2) is 4.21 Å². The molecule has 0 aromatic carbocycles. The van der Waals surface area contributed by atoms with E-state index in [9.17, 15) is 8.42 Å². The number of rotatable bonds is 1. The van der Waals surface area contributed by atoms with Crippen molar-refractivity contribution in [2.45, 2.75) is 18.1 Å². The fraction of sp³-hybridized carbons (Fsp3) is 0.400. The molecule has 1 aromatic rings. The molecule has 1 heterocycles. The van der Waals surface area contributed by atoms with Crippen LogP contribution in [0.2, 0.25) is 0 Å². The molecule has 4 nitrogen and oxygen atoms in total. The van der Waals surface area contributed by atoms with Crippen LogP contribution in [0.3, 0.4) is 0 Å². The lowest BCUT2D eigenvalue weighted by Crippen LogP contribution is -1.96. The first-order chi connectivity index (χ1) is 4.91. The molecule has 0 fully saturated rings. The Bertz CT molecular complexity index is 370. The summed E-state index contributed by atoms with van der Waals surface area (Å²) in [6.07, 6.45) is 0. The van der Waals surface area contributed by atoms with Crippen molar-refractivity contribution < 1.29 is 17.7 Å². The zero-order valence-corrected chi connectivity index (χ0v) is 8.07. The quantitative estimate of drug-likeness (QED) is 0.711. The summed E-state index contributed by atoms with van der Waals surface area (Å²) in [5.74, 6) is 0. The minimum atomic E-state index is -4.06. The van der Waals surface area contributed by atoms with Crippen molar-refractivity contribution in [3.05, 3.63) is 10.7 Å². The summed E-state index contributed by atoms with van der Waals surface area (Å²) in [5.41, 5.74) is 0.356. The van der Waals surface area contributed by atoms with Crippen LogP contribution in [0.1, 0.15) is 10.7 Å². The van der Waals surface area contributed by atoms with Gasteiger partial charge in [-0.15, -0.1) is 11.3 Å². The van der Waals surface area contributed by atoms with E-state index in [2.05, 4.69) is 4.98 Å². The molecule has 1 N–H and O–H groups in total. The highest BCUT2D eigenvalue weighted by Crippen LogP contribution is 2.21. The van der Waals surface area contributed by atoms with Gasteiger partial charge in [-0.05, 0) is 13.8 Å². The summed E-state index contributed by atoms with van der Waals surface area (Å²) in [6, 6.07) is 0. The molecule has 7 heteroatoms. The highest BCUT2D eigenvalue weighted by Gasteiger charge is 2.16. The molecule has 12 heavy (non-hydrogen) atoms. The summed E-state index contributed by atoms with van der Waals surface area (Å²) in [4.78, 5) is 3.86. The average molecular weight is 213 g/mol. The van der Waals surface area contributed by atoms with Gasteiger partial charge in [-0.2, -0.15) is 8.42 Å². The van der Waals surface area contributed by atoms with E-state index < -0.39 is 10.1 Å². The van der Waals surface area contributed by atoms with Crippen LogP contribution >= 0.6 is 11.3 Å². The van der Waals surface area contributed by atoms with Crippen molar-refractivity contribution in [1.82, 2.24) is 4.98 Å². The molecule has 0 saturated carbocycles. The van der Waals surface area contributed by atoms with E-state index >= 15 is 0 Å². The standard InChI is InChI=1S/C5H7NO3S2.FH/c1-3-5(11(7,8)9)10-4(2)6-3;/h1-2H3,(H,7,8,9);1H. The third kappa shape index (κ3) is 2.23. The molecular formula is C5H8FNO3S2. The van der Waals surface area contributed by atoms with Gasteiger partial charge in [-0.25, -0.2) is 4.98 Å². The molecule has 0 aliphatic rings. The van der Waals surface area contributed by atoms with Crippen molar-refractivity contribution in [3.63, 3.8) is 0 Å². The molecule has 0 aliphatic carbocycles. The Morgan fingerprint density at radius 2 is 1.92 bits per heavy atom. The van der Waals surface area contributed by atoms with Crippen LogP contribution in [0.25, 0.3) is 0 Å². The highest BCUT2D eigenvalue weighted by atomic mass is 32.3. The van der Waals surface area contributed by atoms with Gasteiger partial charge in [0.05, 0.1) is 10.7 Å². The Kier molecular flexibility index (Phi) is 3.31. The van der Waals surface area contributed by atoms with Crippen LogP contribution in [-0.4, -0.2) is 18.0 Å². The zero-order valence-electron chi connectivity index (χ0n) is 6.44. The molecule has 0 bridgehead atoms. The number of aromatic nitrogens is 1. The Morgan fingerprint density at radius 1 is 1.42 bits per heavy atom. The van der Waals surface area contributed by atoms with Crippen LogP contribution in [0.4, 0.5) is 4.70 Å². The first-order valence-electron chi connectivity index (χ1n) is 2.83. The Labute approximate surface area is 73.4 Å². The van der Waals surface area contributed by atoms with Crippen molar-refractivity contribution in [2.75, 3.05) is 0 Å². The van der Waals surface area contributed by atoms with Gasteiger partial charge >= 0.3 is 10.1 Å². The van der Waals surface area contributed by atoms with Crippen LogP contribution in [0.15, 0.2) is 4.21 Å². The number of halogens is 1. The van der Waals surface area contributed by atoms with Crippen LogP contribution in [0.5, 0.6) is 0 Å². The van der Waals surface area contributed by atoms with E-state index in [1.807, 2.05) is 0 Å². The SMILES string of the molecule is Cc1nc(C)c(S(=O)(=O)O)s1.F. The predicted molar refractivity (Wildman–Crippen MR) is 43.9 cm³/mol. The molecule has 1 rings (SSSR count). The number of thiazole rings is 1. The Morgan fingerprint density at radius 3 is 2.08 bits per heavy atom. The molecule has 1 aromatic heterocycles. The number of aryl methyl sites for hydroxylation is 2. The first kappa shape index (κ1) is 11.5. The van der Waals surface area contributed by atoms with Gasteiger partial charge in [-0.3, -0.25) is 9.26 Å². The summed E-state index contributed by atoms with van der Waals surface area (Å²) in [7, 11) is -4.06. The zero-order chi connectivity index (χ0) is 8.65. The van der Waals surface area contributed by atoms with Crippen LogP contribution < -0.4 is 0 Å². The Hall–Kier alpha value is -0.530. The van der Waals surface area contributed by atoms with Crippen LogP contribution in [0, 0.1) is 13.8 Å². The lowest BCUT2D eigenvalue weighted by Gasteiger charge is -1.89. The summed E-state index contributed by atoms with van der Waals surface area (Å²) in [6.45, 7) is 3.24. The maximum Gasteiger partial charge on any atom is 0.305 e. The van der Waals surface area contributed by atoms with Crippen molar-refractivity contribution in [1.29, 1.82) is 0 Å². The molecule has 0 radical (unpaired) electrons.